The molecule has 0 radical (unpaired) electrons. The predicted molar refractivity (Wildman–Crippen MR) is 120 cm³/mol. The van der Waals surface area contributed by atoms with Crippen molar-refractivity contribution in [3.05, 3.63) is 35.9 Å². The Morgan fingerprint density at radius 1 is 1.26 bits per heavy atom. The first kappa shape index (κ1) is 23.6. The Morgan fingerprint density at radius 3 is 2.71 bits per heavy atom. The highest BCUT2D eigenvalue weighted by Gasteiger charge is 2.41. The van der Waals surface area contributed by atoms with E-state index in [0.29, 0.717) is 18.6 Å². The fraction of sp³-hybridized carbons (Fsp3) is 0.609. The monoisotopic (exact) mass is 448 g/mol. The van der Waals surface area contributed by atoms with Gasteiger partial charge in [0.15, 0.2) is 0 Å². The highest BCUT2D eigenvalue weighted by Crippen LogP contribution is 2.35. The van der Waals surface area contributed by atoms with Crippen LogP contribution in [0.25, 0.3) is 0 Å². The van der Waals surface area contributed by atoms with Crippen LogP contribution in [0.5, 0.6) is 0 Å². The maximum absolute atomic E-state index is 13.4. The third-order valence-corrected chi connectivity index (χ3v) is 7.47. The van der Waals surface area contributed by atoms with Gasteiger partial charge in [-0.15, -0.1) is 0 Å². The first-order chi connectivity index (χ1) is 15.0. The van der Waals surface area contributed by atoms with Crippen LogP contribution in [0, 0.1) is 0 Å². The van der Waals surface area contributed by atoms with E-state index >= 15 is 0 Å². The zero-order valence-corrected chi connectivity index (χ0v) is 18.8. The average molecular weight is 449 g/mol. The molecule has 8 heteroatoms. The standard InChI is InChI=1S/C23H32N2O5S/c1-2-30-23(29)17(13-12-16-8-4-3-5-9-16)24-18-15-31-20-11-7-6-10-19(20)25(22(18)28)14-21(26)27/h3-5,8-9,17-20,24H,2,6-7,10-15H2,1H3,(H,26,27). The van der Waals surface area contributed by atoms with Gasteiger partial charge >= 0.3 is 11.9 Å². The van der Waals surface area contributed by atoms with E-state index in [4.69, 9.17) is 4.74 Å². The highest BCUT2D eigenvalue weighted by atomic mass is 32.2. The fourth-order valence-corrected chi connectivity index (χ4v) is 5.97. The quantitative estimate of drug-likeness (QED) is 0.560. The molecule has 1 heterocycles. The van der Waals surface area contributed by atoms with E-state index in [-0.39, 0.29) is 36.3 Å². The molecule has 0 aromatic heterocycles. The smallest absolute Gasteiger partial charge is 0.323 e. The number of nitrogens with one attached hydrogen (secondary N) is 1. The second kappa shape index (κ2) is 11.5. The van der Waals surface area contributed by atoms with Crippen LogP contribution in [0.3, 0.4) is 0 Å². The molecule has 1 amide bonds. The van der Waals surface area contributed by atoms with E-state index in [2.05, 4.69) is 5.32 Å². The van der Waals surface area contributed by atoms with E-state index in [1.165, 1.54) is 4.90 Å². The lowest BCUT2D eigenvalue weighted by Crippen LogP contribution is -2.56. The van der Waals surface area contributed by atoms with Crippen molar-refractivity contribution in [3.63, 3.8) is 0 Å². The first-order valence-corrected chi connectivity index (χ1v) is 12.1. The number of ether oxygens (including phenoxy) is 1. The summed E-state index contributed by atoms with van der Waals surface area (Å²) in [6, 6.07) is 8.59. The molecule has 1 saturated heterocycles. The molecule has 1 aromatic rings. The molecule has 170 valence electrons. The molecule has 7 nitrogen and oxygen atoms in total. The Kier molecular flexibility index (Phi) is 8.78. The summed E-state index contributed by atoms with van der Waals surface area (Å²) >= 11 is 1.72. The molecular formula is C23H32N2O5S. The Morgan fingerprint density at radius 2 is 2.00 bits per heavy atom. The number of rotatable bonds is 9. The van der Waals surface area contributed by atoms with Crippen LogP contribution in [-0.2, 0) is 25.5 Å². The van der Waals surface area contributed by atoms with Gasteiger partial charge in [-0.3, -0.25) is 19.7 Å². The first-order valence-electron chi connectivity index (χ1n) is 11.1. The fourth-order valence-electron chi connectivity index (χ4n) is 4.45. The van der Waals surface area contributed by atoms with E-state index in [0.717, 1.165) is 31.2 Å². The van der Waals surface area contributed by atoms with Crippen molar-refractivity contribution in [1.82, 2.24) is 10.2 Å². The molecule has 31 heavy (non-hydrogen) atoms. The molecular weight excluding hydrogens is 416 g/mol. The molecule has 1 saturated carbocycles. The molecule has 4 unspecified atom stereocenters. The Bertz CT molecular complexity index is 760. The molecule has 1 aliphatic carbocycles. The molecule has 1 aromatic carbocycles. The number of carbonyl (C=O) groups is 3. The van der Waals surface area contributed by atoms with Gasteiger partial charge in [0.1, 0.15) is 12.6 Å². The predicted octanol–water partition coefficient (Wildman–Crippen LogP) is 2.48. The largest absolute Gasteiger partial charge is 0.480 e. The summed E-state index contributed by atoms with van der Waals surface area (Å²) in [5.41, 5.74) is 1.11. The number of carbonyl (C=O) groups excluding carboxylic acids is 2. The van der Waals surface area contributed by atoms with Gasteiger partial charge in [-0.1, -0.05) is 43.2 Å². The van der Waals surface area contributed by atoms with Crippen LogP contribution in [0.1, 0.15) is 44.6 Å². The minimum absolute atomic E-state index is 0.0560. The Labute approximate surface area is 187 Å². The lowest BCUT2D eigenvalue weighted by molar-refractivity contribution is -0.149. The lowest BCUT2D eigenvalue weighted by atomic mass is 9.93. The summed E-state index contributed by atoms with van der Waals surface area (Å²) in [5.74, 6) is -1.08. The zero-order valence-electron chi connectivity index (χ0n) is 18.0. The Balaban J connectivity index is 1.75. The number of benzene rings is 1. The number of nitrogens with zero attached hydrogens (tertiary/aromatic N) is 1. The molecule has 2 aliphatic rings. The van der Waals surface area contributed by atoms with Gasteiger partial charge in [-0.2, -0.15) is 11.8 Å². The van der Waals surface area contributed by atoms with Gasteiger partial charge in [0, 0.05) is 17.0 Å². The van der Waals surface area contributed by atoms with E-state index < -0.39 is 18.1 Å². The number of thioether (sulfide) groups is 1. The third kappa shape index (κ3) is 6.46. The summed E-state index contributed by atoms with van der Waals surface area (Å²) in [4.78, 5) is 39.0. The summed E-state index contributed by atoms with van der Waals surface area (Å²) in [7, 11) is 0. The van der Waals surface area contributed by atoms with Crippen molar-refractivity contribution in [3.8, 4) is 0 Å². The minimum atomic E-state index is -1.01. The van der Waals surface area contributed by atoms with Crippen molar-refractivity contribution < 1.29 is 24.2 Å². The zero-order chi connectivity index (χ0) is 22.2. The normalized spacial score (nSPS) is 24.7. The SMILES string of the molecule is CCOC(=O)C(CCc1ccccc1)NC1CSC2CCCCC2N(CC(=O)O)C1=O. The molecule has 2 fully saturated rings. The average Bonchev–Trinajstić information content (AvgIpc) is 2.89. The number of aryl methyl sites for hydroxylation is 1. The molecule has 3 rings (SSSR count). The summed E-state index contributed by atoms with van der Waals surface area (Å²) in [6.07, 6.45) is 5.10. The second-order valence-corrected chi connectivity index (χ2v) is 9.40. The van der Waals surface area contributed by atoms with Crippen molar-refractivity contribution in [2.45, 2.75) is 68.8 Å². The number of aliphatic carboxylic acids is 1. The minimum Gasteiger partial charge on any atom is -0.480 e. The van der Waals surface area contributed by atoms with Gasteiger partial charge in [0.05, 0.1) is 12.6 Å². The van der Waals surface area contributed by atoms with Gasteiger partial charge < -0.3 is 14.7 Å². The van der Waals surface area contributed by atoms with Gasteiger partial charge in [-0.25, -0.2) is 0 Å². The number of fused-ring (bicyclic) bond motifs is 1. The van der Waals surface area contributed by atoms with Crippen LogP contribution >= 0.6 is 11.8 Å². The van der Waals surface area contributed by atoms with E-state index in [1.807, 2.05) is 30.3 Å². The van der Waals surface area contributed by atoms with Crippen molar-refractivity contribution in [2.24, 2.45) is 0 Å². The van der Waals surface area contributed by atoms with Gasteiger partial charge in [-0.05, 0) is 38.2 Å². The number of amides is 1. The molecule has 1 aliphatic heterocycles. The van der Waals surface area contributed by atoms with Crippen LogP contribution in [0.2, 0.25) is 0 Å². The van der Waals surface area contributed by atoms with Crippen molar-refractivity contribution in [1.29, 1.82) is 0 Å². The molecule has 2 N–H and O–H groups in total. The van der Waals surface area contributed by atoms with Crippen LogP contribution < -0.4 is 5.32 Å². The van der Waals surface area contributed by atoms with Crippen LogP contribution in [0.15, 0.2) is 30.3 Å². The molecule has 4 atom stereocenters. The van der Waals surface area contributed by atoms with Crippen LogP contribution in [-0.4, -0.2) is 70.1 Å². The van der Waals surface area contributed by atoms with E-state index in [1.54, 1.807) is 18.7 Å². The van der Waals surface area contributed by atoms with E-state index in [9.17, 15) is 19.5 Å². The summed E-state index contributed by atoms with van der Waals surface area (Å²) in [5, 5.41) is 12.9. The highest BCUT2D eigenvalue weighted by molar-refractivity contribution is 8.00. The second-order valence-electron chi connectivity index (χ2n) is 8.13. The number of carboxylic acid groups (broad SMARTS) is 1. The summed E-state index contributed by atoms with van der Waals surface area (Å²) < 4.78 is 5.26. The Hall–Kier alpha value is -2.06. The summed E-state index contributed by atoms with van der Waals surface area (Å²) in [6.45, 7) is 1.73. The topological polar surface area (TPSA) is 95.9 Å². The number of hydrogen-bond donors (Lipinski definition) is 2. The number of esters is 1. The van der Waals surface area contributed by atoms with Gasteiger partial charge in [0.2, 0.25) is 5.91 Å². The maximum atomic E-state index is 13.4. The lowest BCUT2D eigenvalue weighted by Gasteiger charge is -2.37. The van der Waals surface area contributed by atoms with Gasteiger partial charge in [0.25, 0.3) is 0 Å². The van der Waals surface area contributed by atoms with Crippen molar-refractivity contribution in [2.75, 3.05) is 18.9 Å². The maximum Gasteiger partial charge on any atom is 0.323 e. The molecule has 0 spiro atoms. The third-order valence-electron chi connectivity index (χ3n) is 5.97. The van der Waals surface area contributed by atoms with Crippen LogP contribution in [0.4, 0.5) is 0 Å². The molecule has 0 bridgehead atoms. The van der Waals surface area contributed by atoms with Crippen molar-refractivity contribution >= 4 is 29.6 Å². The number of carboxylic acids is 1. The number of hydrogen-bond acceptors (Lipinski definition) is 6.